The van der Waals surface area contributed by atoms with Crippen LogP contribution in [0.2, 0.25) is 0 Å². The van der Waals surface area contributed by atoms with E-state index >= 15 is 0 Å². The van der Waals surface area contributed by atoms with E-state index in [2.05, 4.69) is 158 Å². The van der Waals surface area contributed by atoms with E-state index in [4.69, 9.17) is 15.0 Å². The molecule has 1 aliphatic rings. The van der Waals surface area contributed by atoms with Crippen molar-refractivity contribution in [1.82, 2.24) is 15.0 Å². The van der Waals surface area contributed by atoms with Crippen molar-refractivity contribution in [3.63, 3.8) is 0 Å². The number of hydrogen-bond donors (Lipinski definition) is 0. The molecule has 0 aliphatic heterocycles. The summed E-state index contributed by atoms with van der Waals surface area (Å²) in [7, 11) is 0. The molecule has 49 heavy (non-hydrogen) atoms. The first-order chi connectivity index (χ1) is 24.2. The largest absolute Gasteiger partial charge is 0.236 e. The Balaban J connectivity index is 1.09. The third-order valence-corrected chi connectivity index (χ3v) is 10.4. The molecule has 2 aromatic heterocycles. The van der Waals surface area contributed by atoms with Crippen molar-refractivity contribution in [2.45, 2.75) is 12.8 Å². The van der Waals surface area contributed by atoms with Crippen molar-refractivity contribution < 1.29 is 0 Å². The molecule has 6 aromatic carbocycles. The molecule has 0 N–H and O–H groups in total. The Morgan fingerprint density at radius 2 is 1.04 bits per heavy atom. The number of nitrogens with zero attached hydrogens (tertiary/aromatic N) is 3. The predicted octanol–water partition coefficient (Wildman–Crippen LogP) is 12.2. The molecule has 0 bridgehead atoms. The van der Waals surface area contributed by atoms with E-state index in [1.54, 1.807) is 11.3 Å². The fraction of sp³-hybridized carbons (Fsp3) is 0.0444. The van der Waals surface area contributed by atoms with Crippen molar-refractivity contribution in [1.29, 1.82) is 0 Å². The van der Waals surface area contributed by atoms with Crippen LogP contribution >= 0.6 is 11.3 Å². The van der Waals surface area contributed by atoms with Gasteiger partial charge in [0.25, 0.3) is 0 Å². The van der Waals surface area contributed by atoms with Crippen LogP contribution in [-0.4, -0.2) is 15.0 Å². The summed E-state index contributed by atoms with van der Waals surface area (Å²) < 4.78 is 1.20. The van der Waals surface area contributed by atoms with Gasteiger partial charge in [0.15, 0.2) is 5.82 Å². The average molecular weight is 646 g/mol. The van der Waals surface area contributed by atoms with Crippen molar-refractivity contribution in [3.8, 4) is 44.3 Å². The molecular formula is C45H31N3S. The van der Waals surface area contributed by atoms with Crippen LogP contribution in [0.5, 0.6) is 0 Å². The van der Waals surface area contributed by atoms with Gasteiger partial charge >= 0.3 is 0 Å². The van der Waals surface area contributed by atoms with E-state index in [0.717, 1.165) is 57.3 Å². The summed E-state index contributed by atoms with van der Waals surface area (Å²) in [5.74, 6) is 0.728. The lowest BCUT2D eigenvalue weighted by molar-refractivity contribution is 1.04. The van der Waals surface area contributed by atoms with E-state index in [1.807, 2.05) is 6.07 Å². The van der Waals surface area contributed by atoms with Gasteiger partial charge in [0.05, 0.1) is 21.6 Å². The molecule has 0 saturated heterocycles. The summed E-state index contributed by atoms with van der Waals surface area (Å²) >= 11 is 1.72. The Kier molecular flexibility index (Phi) is 7.49. The number of rotatable bonds is 6. The highest BCUT2D eigenvalue weighted by atomic mass is 32.1. The van der Waals surface area contributed by atoms with Gasteiger partial charge in [-0.05, 0) is 75.7 Å². The van der Waals surface area contributed by atoms with Crippen LogP contribution in [0.3, 0.4) is 0 Å². The molecule has 0 spiro atoms. The van der Waals surface area contributed by atoms with Gasteiger partial charge in [0.2, 0.25) is 0 Å². The molecule has 0 radical (unpaired) electrons. The first-order valence-electron chi connectivity index (χ1n) is 16.6. The zero-order valence-electron chi connectivity index (χ0n) is 26.8. The monoisotopic (exact) mass is 645 g/mol. The van der Waals surface area contributed by atoms with E-state index in [1.165, 1.54) is 43.3 Å². The molecule has 0 fully saturated rings. The van der Waals surface area contributed by atoms with Gasteiger partial charge in [-0.25, -0.2) is 15.0 Å². The van der Waals surface area contributed by atoms with E-state index in [0.29, 0.717) is 0 Å². The predicted molar refractivity (Wildman–Crippen MR) is 206 cm³/mol. The van der Waals surface area contributed by atoms with Crippen LogP contribution in [0.25, 0.3) is 76.5 Å². The number of aromatic nitrogens is 3. The molecule has 1 aliphatic carbocycles. The number of benzene rings is 6. The lowest BCUT2D eigenvalue weighted by atomic mass is 9.91. The van der Waals surface area contributed by atoms with Gasteiger partial charge in [0, 0.05) is 16.7 Å². The summed E-state index contributed by atoms with van der Waals surface area (Å²) in [4.78, 5) is 15.2. The highest BCUT2D eigenvalue weighted by Gasteiger charge is 2.16. The van der Waals surface area contributed by atoms with Gasteiger partial charge < -0.3 is 0 Å². The minimum absolute atomic E-state index is 0.728. The molecule has 232 valence electrons. The number of fused-ring (bicyclic) bond motifs is 2. The van der Waals surface area contributed by atoms with Crippen molar-refractivity contribution in [2.24, 2.45) is 0 Å². The Morgan fingerprint density at radius 1 is 0.408 bits per heavy atom. The van der Waals surface area contributed by atoms with Gasteiger partial charge in [-0.1, -0.05) is 140 Å². The molecule has 0 saturated carbocycles. The zero-order chi connectivity index (χ0) is 32.6. The molecule has 8 aromatic rings. The fourth-order valence-corrected chi connectivity index (χ4v) is 7.56. The van der Waals surface area contributed by atoms with Crippen LogP contribution in [0.15, 0.2) is 164 Å². The van der Waals surface area contributed by atoms with Crippen LogP contribution in [0.1, 0.15) is 24.1 Å². The molecule has 4 heteroatoms. The van der Waals surface area contributed by atoms with Gasteiger partial charge in [-0.2, -0.15) is 0 Å². The first kappa shape index (κ1) is 29.2. The Hall–Kier alpha value is -5.97. The van der Waals surface area contributed by atoms with Crippen molar-refractivity contribution in [2.75, 3.05) is 0 Å². The van der Waals surface area contributed by atoms with E-state index < -0.39 is 0 Å². The third kappa shape index (κ3) is 5.88. The molecule has 0 unspecified atom stereocenters. The number of allylic oxidation sites excluding steroid dienone is 4. The molecule has 9 rings (SSSR count). The highest BCUT2D eigenvalue weighted by molar-refractivity contribution is 7.21. The molecule has 2 heterocycles. The first-order valence-corrected chi connectivity index (χ1v) is 17.5. The normalized spacial score (nSPS) is 13.0. The zero-order valence-corrected chi connectivity index (χ0v) is 27.6. The molecule has 0 amide bonds. The summed E-state index contributed by atoms with van der Waals surface area (Å²) in [5.41, 5.74) is 12.3. The van der Waals surface area contributed by atoms with Crippen LogP contribution < -0.4 is 0 Å². The van der Waals surface area contributed by atoms with Gasteiger partial charge in [0.1, 0.15) is 5.01 Å². The second-order valence-electron chi connectivity index (χ2n) is 12.4. The lowest BCUT2D eigenvalue weighted by Gasteiger charge is -2.16. The Labute approximate surface area is 289 Å². The van der Waals surface area contributed by atoms with E-state index in [9.17, 15) is 0 Å². The SMILES string of the molecule is C1=C(c2ccccc2)CCC(c2cc(-c3ccc(-c4nc5ccccc5s4)cc3)nc(-c3ccc(-c4ccc5ccccc5c4)cc3)n2)=C1. The van der Waals surface area contributed by atoms with Crippen LogP contribution in [0, 0.1) is 0 Å². The van der Waals surface area contributed by atoms with E-state index in [-0.39, 0.29) is 0 Å². The maximum Gasteiger partial charge on any atom is 0.160 e. The van der Waals surface area contributed by atoms with Crippen molar-refractivity contribution >= 4 is 43.5 Å². The number of hydrogen-bond acceptors (Lipinski definition) is 4. The van der Waals surface area contributed by atoms with Crippen LogP contribution in [0.4, 0.5) is 0 Å². The molecule has 3 nitrogen and oxygen atoms in total. The maximum atomic E-state index is 5.17. The second kappa shape index (κ2) is 12.6. The fourth-order valence-electron chi connectivity index (χ4n) is 6.59. The molecule has 0 atom stereocenters. The summed E-state index contributed by atoms with van der Waals surface area (Å²) in [5, 5.41) is 3.51. The highest BCUT2D eigenvalue weighted by Crippen LogP contribution is 2.35. The quantitative estimate of drug-likeness (QED) is 0.181. The standard InChI is InChI=1S/C45H31N3S/c1-2-8-30(9-3-1)32-14-19-34(20-15-32)41-29-42(35-21-25-37(26-22-35)45-48-40-12-6-7-13-43(40)49-45)47-44(46-41)36-23-16-33(17-24-36)39-27-18-31-10-4-5-11-38(31)28-39/h1-14,16-19,21-29H,15,20H2. The average Bonchev–Trinajstić information content (AvgIpc) is 3.63. The van der Waals surface area contributed by atoms with Crippen LogP contribution in [-0.2, 0) is 0 Å². The lowest BCUT2D eigenvalue weighted by Crippen LogP contribution is -2.01. The number of para-hydroxylation sites is 1. The second-order valence-corrected chi connectivity index (χ2v) is 13.4. The Bertz CT molecular complexity index is 2490. The Morgan fingerprint density at radius 3 is 1.84 bits per heavy atom. The van der Waals surface area contributed by atoms with Gasteiger partial charge in [-0.15, -0.1) is 11.3 Å². The third-order valence-electron chi connectivity index (χ3n) is 9.30. The van der Waals surface area contributed by atoms with Gasteiger partial charge in [-0.3, -0.25) is 0 Å². The minimum atomic E-state index is 0.728. The van der Waals surface area contributed by atoms with Crippen molar-refractivity contribution in [3.05, 3.63) is 175 Å². The molecular weight excluding hydrogens is 615 g/mol. The topological polar surface area (TPSA) is 38.7 Å². The smallest absolute Gasteiger partial charge is 0.160 e. The summed E-state index contributed by atoms with van der Waals surface area (Å²) in [6.45, 7) is 0. The summed E-state index contributed by atoms with van der Waals surface area (Å²) in [6, 6.07) is 53.5. The number of thiazole rings is 1. The minimum Gasteiger partial charge on any atom is -0.236 e. The summed E-state index contributed by atoms with van der Waals surface area (Å²) in [6.07, 6.45) is 6.39. The maximum absolute atomic E-state index is 5.17.